The maximum atomic E-state index is 12.3. The molecule has 3 rings (SSSR count). The van der Waals surface area contributed by atoms with Crippen molar-refractivity contribution in [1.82, 2.24) is 5.32 Å². The normalized spacial score (nSPS) is 12.0. The minimum absolute atomic E-state index is 0.0620. The third-order valence-electron chi connectivity index (χ3n) is 3.71. The molecule has 0 bridgehead atoms. The lowest BCUT2D eigenvalue weighted by atomic mass is 10.1. The Bertz CT molecular complexity index is 801. The fourth-order valence-corrected chi connectivity index (χ4v) is 3.35. The van der Waals surface area contributed by atoms with Gasteiger partial charge in [0.25, 0.3) is 0 Å². The van der Waals surface area contributed by atoms with E-state index in [1.807, 2.05) is 49.4 Å². The third kappa shape index (κ3) is 4.14. The van der Waals surface area contributed by atoms with E-state index >= 15 is 0 Å². The maximum Gasteiger partial charge on any atom is 0.233 e. The van der Waals surface area contributed by atoms with Crippen LogP contribution in [0.1, 0.15) is 12.5 Å². The van der Waals surface area contributed by atoms with Crippen molar-refractivity contribution in [3.63, 3.8) is 0 Å². The van der Waals surface area contributed by atoms with Crippen molar-refractivity contribution >= 4 is 28.4 Å². The Morgan fingerprint density at radius 3 is 2.43 bits per heavy atom. The van der Waals surface area contributed by atoms with Crippen molar-refractivity contribution in [2.75, 3.05) is 0 Å². The van der Waals surface area contributed by atoms with Gasteiger partial charge in [-0.05, 0) is 41.5 Å². The number of benzene rings is 3. The maximum absolute atomic E-state index is 12.3. The molecule has 1 atom stereocenters. The Morgan fingerprint density at radius 2 is 1.65 bits per heavy atom. The van der Waals surface area contributed by atoms with Gasteiger partial charge in [-0.2, -0.15) is 0 Å². The summed E-state index contributed by atoms with van der Waals surface area (Å²) in [7, 11) is 0. The molecule has 0 saturated heterocycles. The SMILES string of the molecule is C[C@@H](Sc1ccccc1)C(=O)NCc1ccc2ccccc2c1. The number of hydrogen-bond donors (Lipinski definition) is 1. The van der Waals surface area contributed by atoms with Gasteiger partial charge in [-0.1, -0.05) is 54.6 Å². The molecule has 0 aliphatic heterocycles. The molecular formula is C20H19NOS. The number of hydrogen-bond acceptors (Lipinski definition) is 2. The van der Waals surface area contributed by atoms with Gasteiger partial charge in [-0.15, -0.1) is 11.8 Å². The van der Waals surface area contributed by atoms with E-state index in [4.69, 9.17) is 0 Å². The summed E-state index contributed by atoms with van der Waals surface area (Å²) in [6.45, 7) is 2.50. The molecule has 0 unspecified atom stereocenters. The van der Waals surface area contributed by atoms with Crippen molar-refractivity contribution in [2.45, 2.75) is 23.6 Å². The highest BCUT2D eigenvalue weighted by Gasteiger charge is 2.13. The van der Waals surface area contributed by atoms with Crippen LogP contribution in [-0.2, 0) is 11.3 Å². The molecule has 0 saturated carbocycles. The molecule has 1 N–H and O–H groups in total. The first kappa shape index (κ1) is 15.6. The Hall–Kier alpha value is -2.26. The Kier molecular flexibility index (Phi) is 4.99. The van der Waals surface area contributed by atoms with Crippen LogP contribution < -0.4 is 5.32 Å². The topological polar surface area (TPSA) is 29.1 Å². The van der Waals surface area contributed by atoms with Gasteiger partial charge in [0, 0.05) is 11.4 Å². The van der Waals surface area contributed by atoms with Crippen LogP contribution in [0.5, 0.6) is 0 Å². The number of nitrogens with one attached hydrogen (secondary N) is 1. The predicted molar refractivity (Wildman–Crippen MR) is 97.6 cm³/mol. The average molecular weight is 321 g/mol. The molecule has 3 aromatic rings. The summed E-state index contributed by atoms with van der Waals surface area (Å²) >= 11 is 1.58. The predicted octanol–water partition coefficient (Wildman–Crippen LogP) is 4.64. The lowest BCUT2D eigenvalue weighted by molar-refractivity contribution is -0.120. The fourth-order valence-electron chi connectivity index (χ4n) is 2.44. The number of carbonyl (C=O) groups is 1. The van der Waals surface area contributed by atoms with Gasteiger partial charge in [0.2, 0.25) is 5.91 Å². The molecule has 0 aromatic heterocycles. The van der Waals surface area contributed by atoms with E-state index in [-0.39, 0.29) is 11.2 Å². The van der Waals surface area contributed by atoms with Gasteiger partial charge in [0.1, 0.15) is 0 Å². The summed E-state index contributed by atoms with van der Waals surface area (Å²) in [6, 6.07) is 24.6. The Morgan fingerprint density at radius 1 is 0.957 bits per heavy atom. The minimum Gasteiger partial charge on any atom is -0.351 e. The number of fused-ring (bicyclic) bond motifs is 1. The average Bonchev–Trinajstić information content (AvgIpc) is 2.60. The molecule has 0 aliphatic carbocycles. The van der Waals surface area contributed by atoms with Crippen molar-refractivity contribution in [2.24, 2.45) is 0 Å². The smallest absolute Gasteiger partial charge is 0.233 e. The zero-order chi connectivity index (χ0) is 16.1. The quantitative estimate of drug-likeness (QED) is 0.694. The molecule has 3 heteroatoms. The van der Waals surface area contributed by atoms with Crippen LogP contribution in [0.3, 0.4) is 0 Å². The molecule has 23 heavy (non-hydrogen) atoms. The summed E-state index contributed by atoms with van der Waals surface area (Å²) in [4.78, 5) is 13.4. The highest BCUT2D eigenvalue weighted by molar-refractivity contribution is 8.00. The van der Waals surface area contributed by atoms with Crippen LogP contribution in [0.2, 0.25) is 0 Å². The largest absolute Gasteiger partial charge is 0.351 e. The first-order valence-electron chi connectivity index (χ1n) is 7.69. The zero-order valence-electron chi connectivity index (χ0n) is 13.0. The van der Waals surface area contributed by atoms with Crippen molar-refractivity contribution in [3.05, 3.63) is 78.4 Å². The molecule has 0 fully saturated rings. The van der Waals surface area contributed by atoms with Crippen molar-refractivity contribution in [3.8, 4) is 0 Å². The summed E-state index contributed by atoms with van der Waals surface area (Å²) in [5, 5.41) is 5.33. The summed E-state index contributed by atoms with van der Waals surface area (Å²) < 4.78 is 0. The Labute approximate surface area is 140 Å². The van der Waals surface area contributed by atoms with E-state index in [1.54, 1.807) is 11.8 Å². The van der Waals surface area contributed by atoms with E-state index in [0.29, 0.717) is 6.54 Å². The van der Waals surface area contributed by atoms with Crippen LogP contribution in [0.15, 0.2) is 77.7 Å². The van der Waals surface area contributed by atoms with E-state index in [1.165, 1.54) is 10.8 Å². The molecule has 1 amide bonds. The summed E-state index contributed by atoms with van der Waals surface area (Å²) in [5.74, 6) is 0.0620. The summed E-state index contributed by atoms with van der Waals surface area (Å²) in [5.41, 5.74) is 1.12. The minimum atomic E-state index is -0.113. The third-order valence-corrected chi connectivity index (χ3v) is 4.82. The van der Waals surface area contributed by atoms with Crippen molar-refractivity contribution in [1.29, 1.82) is 0 Å². The van der Waals surface area contributed by atoms with Gasteiger partial charge in [0.05, 0.1) is 5.25 Å². The highest BCUT2D eigenvalue weighted by atomic mass is 32.2. The molecule has 3 aromatic carbocycles. The van der Waals surface area contributed by atoms with Gasteiger partial charge < -0.3 is 5.32 Å². The second-order valence-electron chi connectivity index (χ2n) is 5.47. The zero-order valence-corrected chi connectivity index (χ0v) is 13.8. The van der Waals surface area contributed by atoms with E-state index in [9.17, 15) is 4.79 Å². The van der Waals surface area contributed by atoms with Crippen LogP contribution in [0.4, 0.5) is 0 Å². The standard InChI is InChI=1S/C20H19NOS/c1-15(23-19-9-3-2-4-10-19)20(22)21-14-16-11-12-17-7-5-6-8-18(17)13-16/h2-13,15H,14H2,1H3,(H,21,22)/t15-/m1/s1. The molecule has 2 nitrogen and oxygen atoms in total. The first-order chi connectivity index (χ1) is 11.2. The fraction of sp³-hybridized carbons (Fsp3) is 0.150. The van der Waals surface area contributed by atoms with E-state index < -0.39 is 0 Å². The molecular weight excluding hydrogens is 302 g/mol. The van der Waals surface area contributed by atoms with Gasteiger partial charge in [0.15, 0.2) is 0 Å². The van der Waals surface area contributed by atoms with Crippen molar-refractivity contribution < 1.29 is 4.79 Å². The summed E-state index contributed by atoms with van der Waals surface area (Å²) in [6.07, 6.45) is 0. The number of amides is 1. The highest BCUT2D eigenvalue weighted by Crippen LogP contribution is 2.22. The van der Waals surface area contributed by atoms with Gasteiger partial charge in [-0.3, -0.25) is 4.79 Å². The molecule has 0 aliphatic rings. The first-order valence-corrected chi connectivity index (χ1v) is 8.57. The van der Waals surface area contributed by atoms with Crippen LogP contribution >= 0.6 is 11.8 Å². The second kappa shape index (κ2) is 7.34. The van der Waals surface area contributed by atoms with Crippen LogP contribution in [0, 0.1) is 0 Å². The van der Waals surface area contributed by atoms with E-state index in [2.05, 4.69) is 35.6 Å². The Balaban J connectivity index is 1.59. The second-order valence-corrected chi connectivity index (χ2v) is 6.89. The van der Waals surface area contributed by atoms with Gasteiger partial charge in [-0.25, -0.2) is 0 Å². The number of carbonyl (C=O) groups excluding carboxylic acids is 1. The van der Waals surface area contributed by atoms with E-state index in [0.717, 1.165) is 10.5 Å². The monoisotopic (exact) mass is 321 g/mol. The van der Waals surface area contributed by atoms with Crippen LogP contribution in [-0.4, -0.2) is 11.2 Å². The van der Waals surface area contributed by atoms with Crippen LogP contribution in [0.25, 0.3) is 10.8 Å². The molecule has 0 radical (unpaired) electrons. The lowest BCUT2D eigenvalue weighted by Crippen LogP contribution is -2.30. The lowest BCUT2D eigenvalue weighted by Gasteiger charge is -2.12. The molecule has 0 heterocycles. The number of thioether (sulfide) groups is 1. The molecule has 116 valence electrons. The van der Waals surface area contributed by atoms with Gasteiger partial charge >= 0.3 is 0 Å². The molecule has 0 spiro atoms. The number of rotatable bonds is 5.